The van der Waals surface area contributed by atoms with Gasteiger partial charge in [-0.15, -0.1) is 24.0 Å². The van der Waals surface area contributed by atoms with E-state index in [2.05, 4.69) is 35.8 Å². The first-order chi connectivity index (χ1) is 9.86. The molecule has 0 aromatic heterocycles. The molecule has 21 heavy (non-hydrogen) atoms. The van der Waals surface area contributed by atoms with Crippen LogP contribution in [0.4, 0.5) is 0 Å². The van der Waals surface area contributed by atoms with Crippen LogP contribution in [-0.2, 0) is 0 Å². The Balaban J connectivity index is 0.00000161. The van der Waals surface area contributed by atoms with E-state index in [9.17, 15) is 0 Å². The zero-order valence-electron chi connectivity index (χ0n) is 12.5. The van der Waals surface area contributed by atoms with Gasteiger partial charge in [0.1, 0.15) is 5.75 Å². The van der Waals surface area contributed by atoms with Gasteiger partial charge >= 0.3 is 0 Å². The van der Waals surface area contributed by atoms with Crippen LogP contribution in [0.2, 0.25) is 0 Å². The fourth-order valence-electron chi connectivity index (χ4n) is 2.55. The van der Waals surface area contributed by atoms with Crippen molar-refractivity contribution in [2.24, 2.45) is 4.99 Å². The van der Waals surface area contributed by atoms with Crippen LogP contribution in [0.3, 0.4) is 0 Å². The van der Waals surface area contributed by atoms with Crippen LogP contribution in [0, 0.1) is 0 Å². The molecule has 2 aliphatic rings. The molecule has 5 heteroatoms. The molecule has 2 N–H and O–H groups in total. The highest BCUT2D eigenvalue weighted by molar-refractivity contribution is 14.0. The van der Waals surface area contributed by atoms with Gasteiger partial charge in [-0.25, -0.2) is 0 Å². The molecule has 0 amide bonds. The van der Waals surface area contributed by atoms with Gasteiger partial charge in [-0.3, -0.25) is 4.99 Å². The lowest BCUT2D eigenvalue weighted by molar-refractivity contribution is 0.269. The minimum atomic E-state index is 0. The average molecular weight is 401 g/mol. The maximum Gasteiger partial charge on any atom is 0.191 e. The van der Waals surface area contributed by atoms with E-state index in [1.165, 1.54) is 18.4 Å². The molecule has 3 rings (SSSR count). The number of fused-ring (bicyclic) bond motifs is 1. The van der Waals surface area contributed by atoms with E-state index in [0.717, 1.165) is 37.8 Å². The first-order valence-corrected chi connectivity index (χ1v) is 7.63. The Hall–Kier alpha value is -0.980. The normalized spacial score (nSPS) is 20.8. The van der Waals surface area contributed by atoms with Crippen LogP contribution >= 0.6 is 24.0 Å². The Morgan fingerprint density at radius 1 is 1.29 bits per heavy atom. The van der Waals surface area contributed by atoms with E-state index in [0.29, 0.717) is 12.0 Å². The first kappa shape index (κ1) is 16.4. The standard InChI is InChI=1S/C16H23N3O.HI/c1-2-17-16(19-13-7-8-13)18-11-12-9-10-20-15-6-4-3-5-14(12)15;/h3-6,12-13H,2,7-11H2,1H3,(H2,17,18,19);1H. The second-order valence-electron chi connectivity index (χ2n) is 5.51. The number of halogens is 1. The van der Waals surface area contributed by atoms with Gasteiger partial charge in [0.2, 0.25) is 0 Å². The van der Waals surface area contributed by atoms with Crippen LogP contribution < -0.4 is 15.4 Å². The van der Waals surface area contributed by atoms with Crippen molar-refractivity contribution in [2.75, 3.05) is 19.7 Å². The van der Waals surface area contributed by atoms with E-state index in [1.807, 2.05) is 6.07 Å². The molecule has 116 valence electrons. The van der Waals surface area contributed by atoms with Crippen molar-refractivity contribution in [3.8, 4) is 5.75 Å². The third-order valence-corrected chi connectivity index (χ3v) is 3.81. The molecule has 1 aromatic rings. The number of hydrogen-bond acceptors (Lipinski definition) is 2. The fraction of sp³-hybridized carbons (Fsp3) is 0.562. The van der Waals surface area contributed by atoms with Gasteiger partial charge in [-0.05, 0) is 37.8 Å². The Morgan fingerprint density at radius 2 is 2.10 bits per heavy atom. The predicted molar refractivity (Wildman–Crippen MR) is 96.8 cm³/mol. The molecule has 1 aromatic carbocycles. The van der Waals surface area contributed by atoms with E-state index in [-0.39, 0.29) is 24.0 Å². The van der Waals surface area contributed by atoms with Crippen LogP contribution in [-0.4, -0.2) is 31.7 Å². The fourth-order valence-corrected chi connectivity index (χ4v) is 2.55. The highest BCUT2D eigenvalue weighted by Gasteiger charge is 2.23. The van der Waals surface area contributed by atoms with Gasteiger partial charge in [0, 0.05) is 25.0 Å². The van der Waals surface area contributed by atoms with E-state index >= 15 is 0 Å². The van der Waals surface area contributed by atoms with Crippen molar-refractivity contribution in [3.63, 3.8) is 0 Å². The maximum atomic E-state index is 5.70. The zero-order chi connectivity index (χ0) is 13.8. The van der Waals surface area contributed by atoms with Gasteiger partial charge in [-0.2, -0.15) is 0 Å². The summed E-state index contributed by atoms with van der Waals surface area (Å²) in [6.07, 6.45) is 3.58. The molecule has 0 bridgehead atoms. The number of aliphatic imine (C=N–C) groups is 1. The van der Waals surface area contributed by atoms with E-state index in [1.54, 1.807) is 0 Å². The average Bonchev–Trinajstić information content (AvgIpc) is 3.29. The topological polar surface area (TPSA) is 45.7 Å². The number of hydrogen-bond donors (Lipinski definition) is 2. The minimum Gasteiger partial charge on any atom is -0.493 e. The summed E-state index contributed by atoms with van der Waals surface area (Å²) < 4.78 is 5.70. The van der Waals surface area contributed by atoms with Crippen LogP contribution in [0.25, 0.3) is 0 Å². The van der Waals surface area contributed by atoms with E-state index in [4.69, 9.17) is 9.73 Å². The molecule has 1 fully saturated rings. The molecule has 0 radical (unpaired) electrons. The lowest BCUT2D eigenvalue weighted by Gasteiger charge is -2.25. The summed E-state index contributed by atoms with van der Waals surface area (Å²) in [6.45, 7) is 4.63. The van der Waals surface area contributed by atoms with E-state index < -0.39 is 0 Å². The van der Waals surface area contributed by atoms with Crippen molar-refractivity contribution in [3.05, 3.63) is 29.8 Å². The molecule has 1 unspecified atom stereocenters. The highest BCUT2D eigenvalue weighted by atomic mass is 127. The molecule has 1 heterocycles. The zero-order valence-corrected chi connectivity index (χ0v) is 14.8. The molecule has 1 aliphatic carbocycles. The smallest absolute Gasteiger partial charge is 0.191 e. The third-order valence-electron chi connectivity index (χ3n) is 3.81. The number of benzene rings is 1. The van der Waals surface area contributed by atoms with Crippen LogP contribution in [0.5, 0.6) is 5.75 Å². The van der Waals surface area contributed by atoms with Gasteiger partial charge in [-0.1, -0.05) is 18.2 Å². The number of ether oxygens (including phenoxy) is 1. The summed E-state index contributed by atoms with van der Waals surface area (Å²) in [6, 6.07) is 8.96. The summed E-state index contributed by atoms with van der Waals surface area (Å²) in [5, 5.41) is 6.79. The molecule has 1 atom stereocenters. The first-order valence-electron chi connectivity index (χ1n) is 7.63. The highest BCUT2D eigenvalue weighted by Crippen LogP contribution is 2.33. The van der Waals surface area contributed by atoms with Crippen LogP contribution in [0.1, 0.15) is 37.7 Å². The summed E-state index contributed by atoms with van der Waals surface area (Å²) in [4.78, 5) is 4.76. The number of para-hydroxylation sites is 1. The lowest BCUT2D eigenvalue weighted by Crippen LogP contribution is -2.38. The monoisotopic (exact) mass is 401 g/mol. The number of guanidine groups is 1. The van der Waals surface area contributed by atoms with Crippen molar-refractivity contribution in [1.82, 2.24) is 10.6 Å². The molecule has 1 aliphatic heterocycles. The van der Waals surface area contributed by atoms with Crippen LogP contribution in [0.15, 0.2) is 29.3 Å². The minimum absolute atomic E-state index is 0. The third kappa shape index (κ3) is 4.49. The number of rotatable bonds is 4. The quantitative estimate of drug-likeness (QED) is 0.464. The van der Waals surface area contributed by atoms with Crippen molar-refractivity contribution in [2.45, 2.75) is 38.1 Å². The van der Waals surface area contributed by atoms with Crippen molar-refractivity contribution < 1.29 is 4.74 Å². The molecule has 4 nitrogen and oxygen atoms in total. The number of nitrogens with zero attached hydrogens (tertiary/aromatic N) is 1. The summed E-state index contributed by atoms with van der Waals surface area (Å²) in [5.41, 5.74) is 1.30. The predicted octanol–water partition coefficient (Wildman–Crippen LogP) is 2.89. The van der Waals surface area contributed by atoms with Crippen molar-refractivity contribution >= 4 is 29.9 Å². The second-order valence-corrected chi connectivity index (χ2v) is 5.51. The SMILES string of the molecule is CCNC(=NCC1CCOc2ccccc21)NC1CC1.I. The largest absolute Gasteiger partial charge is 0.493 e. The van der Waals surface area contributed by atoms with Gasteiger partial charge in [0.25, 0.3) is 0 Å². The maximum absolute atomic E-state index is 5.70. The molecule has 0 spiro atoms. The summed E-state index contributed by atoms with van der Waals surface area (Å²) in [5.74, 6) is 2.45. The molecule has 0 saturated heterocycles. The van der Waals surface area contributed by atoms with Gasteiger partial charge < -0.3 is 15.4 Å². The Labute approximate surface area is 143 Å². The Morgan fingerprint density at radius 3 is 2.86 bits per heavy atom. The molecular formula is C16H24IN3O. The molecular weight excluding hydrogens is 377 g/mol. The Bertz CT molecular complexity index is 488. The molecule has 1 saturated carbocycles. The second kappa shape index (κ2) is 7.87. The number of nitrogens with one attached hydrogen (secondary N) is 2. The van der Waals surface area contributed by atoms with Gasteiger partial charge in [0.15, 0.2) is 5.96 Å². The van der Waals surface area contributed by atoms with Gasteiger partial charge in [0.05, 0.1) is 6.61 Å². The summed E-state index contributed by atoms with van der Waals surface area (Å²) in [7, 11) is 0. The van der Waals surface area contributed by atoms with Crippen molar-refractivity contribution in [1.29, 1.82) is 0 Å². The summed E-state index contributed by atoms with van der Waals surface area (Å²) >= 11 is 0. The lowest BCUT2D eigenvalue weighted by atomic mass is 9.93. The Kier molecular flexibility index (Phi) is 6.14.